The normalized spacial score (nSPS) is 33.9. The molecular formula is C14H26N2O2. The maximum Gasteiger partial charge on any atom is 0.228 e. The summed E-state index contributed by atoms with van der Waals surface area (Å²) in [4.78, 5) is 12.6. The highest BCUT2D eigenvalue weighted by atomic mass is 16.5. The van der Waals surface area contributed by atoms with E-state index in [-0.39, 0.29) is 17.4 Å². The van der Waals surface area contributed by atoms with Gasteiger partial charge in [0.15, 0.2) is 0 Å². The summed E-state index contributed by atoms with van der Waals surface area (Å²) < 4.78 is 5.39. The number of carbonyl (C=O) groups is 1. The number of hydrogen-bond acceptors (Lipinski definition) is 3. The van der Waals surface area contributed by atoms with Gasteiger partial charge >= 0.3 is 0 Å². The minimum absolute atomic E-state index is 0.215. The average Bonchev–Trinajstić information content (AvgIpc) is 3.01. The van der Waals surface area contributed by atoms with Crippen molar-refractivity contribution in [2.45, 2.75) is 39.7 Å². The Labute approximate surface area is 110 Å². The Kier molecular flexibility index (Phi) is 4.28. The zero-order chi connectivity index (χ0) is 13.2. The molecule has 0 aromatic carbocycles. The van der Waals surface area contributed by atoms with Gasteiger partial charge in [0.1, 0.15) is 0 Å². The molecule has 1 amide bonds. The third kappa shape index (κ3) is 2.54. The lowest BCUT2D eigenvalue weighted by molar-refractivity contribution is -0.133. The highest BCUT2D eigenvalue weighted by Crippen LogP contribution is 2.34. The van der Waals surface area contributed by atoms with E-state index in [1.54, 1.807) is 0 Å². The van der Waals surface area contributed by atoms with E-state index in [1.165, 1.54) is 0 Å². The number of ether oxygens (including phenoxy) is 1. The second kappa shape index (κ2) is 5.57. The van der Waals surface area contributed by atoms with Gasteiger partial charge < -0.3 is 15.4 Å². The van der Waals surface area contributed by atoms with Crippen LogP contribution in [-0.2, 0) is 9.53 Å². The second-order valence-electron chi connectivity index (χ2n) is 6.12. The molecule has 3 unspecified atom stereocenters. The first-order valence-corrected chi connectivity index (χ1v) is 7.15. The first-order valence-electron chi connectivity index (χ1n) is 7.15. The van der Waals surface area contributed by atoms with Crippen LogP contribution in [0.15, 0.2) is 0 Å². The molecule has 2 aliphatic rings. The SMILES string of the molecule is CC(NC(=O)C1(C(C)C)CCNC1)C1CCOC1. The van der Waals surface area contributed by atoms with Crippen molar-refractivity contribution >= 4 is 5.91 Å². The van der Waals surface area contributed by atoms with E-state index in [2.05, 4.69) is 31.4 Å². The van der Waals surface area contributed by atoms with Crippen LogP contribution in [0, 0.1) is 17.3 Å². The van der Waals surface area contributed by atoms with Crippen molar-refractivity contribution in [3.05, 3.63) is 0 Å². The van der Waals surface area contributed by atoms with Crippen LogP contribution >= 0.6 is 0 Å². The van der Waals surface area contributed by atoms with Crippen molar-refractivity contribution in [3.8, 4) is 0 Å². The molecule has 104 valence electrons. The van der Waals surface area contributed by atoms with Gasteiger partial charge in [0, 0.05) is 25.1 Å². The van der Waals surface area contributed by atoms with Gasteiger partial charge in [-0.25, -0.2) is 0 Å². The second-order valence-corrected chi connectivity index (χ2v) is 6.12. The summed E-state index contributed by atoms with van der Waals surface area (Å²) in [6, 6.07) is 0.219. The van der Waals surface area contributed by atoms with E-state index in [0.29, 0.717) is 11.8 Å². The van der Waals surface area contributed by atoms with Crippen LogP contribution in [0.3, 0.4) is 0 Å². The monoisotopic (exact) mass is 254 g/mol. The third-order valence-corrected chi connectivity index (χ3v) is 4.78. The van der Waals surface area contributed by atoms with Gasteiger partial charge in [-0.15, -0.1) is 0 Å². The van der Waals surface area contributed by atoms with Crippen molar-refractivity contribution in [1.29, 1.82) is 0 Å². The molecule has 0 aromatic heterocycles. The van der Waals surface area contributed by atoms with Crippen LogP contribution in [0.1, 0.15) is 33.6 Å². The van der Waals surface area contributed by atoms with Gasteiger partial charge in [-0.2, -0.15) is 0 Å². The molecule has 3 atom stereocenters. The van der Waals surface area contributed by atoms with Gasteiger partial charge in [-0.3, -0.25) is 4.79 Å². The van der Waals surface area contributed by atoms with E-state index < -0.39 is 0 Å². The standard InChI is InChI=1S/C14H26N2O2/c1-10(2)14(5-6-15-9-14)13(17)16-11(3)12-4-7-18-8-12/h10-12,15H,4-9H2,1-3H3,(H,16,17). The Balaban J connectivity index is 1.97. The first-order chi connectivity index (χ1) is 8.56. The lowest BCUT2D eigenvalue weighted by Gasteiger charge is -2.33. The molecule has 0 saturated carbocycles. The highest BCUT2D eigenvalue weighted by Gasteiger charge is 2.44. The molecule has 18 heavy (non-hydrogen) atoms. The van der Waals surface area contributed by atoms with Crippen molar-refractivity contribution in [3.63, 3.8) is 0 Å². The Morgan fingerprint density at radius 3 is 2.72 bits per heavy atom. The fraction of sp³-hybridized carbons (Fsp3) is 0.929. The van der Waals surface area contributed by atoms with Gasteiger partial charge in [0.05, 0.1) is 12.0 Å². The van der Waals surface area contributed by atoms with E-state index >= 15 is 0 Å². The van der Waals surface area contributed by atoms with E-state index in [4.69, 9.17) is 4.74 Å². The van der Waals surface area contributed by atoms with Gasteiger partial charge in [-0.1, -0.05) is 13.8 Å². The lowest BCUT2D eigenvalue weighted by atomic mass is 9.75. The number of rotatable bonds is 4. The summed E-state index contributed by atoms with van der Waals surface area (Å²) in [6.07, 6.45) is 2.01. The van der Waals surface area contributed by atoms with E-state index in [9.17, 15) is 4.79 Å². The quantitative estimate of drug-likeness (QED) is 0.791. The number of hydrogen-bond donors (Lipinski definition) is 2. The maximum absolute atomic E-state index is 12.6. The Morgan fingerprint density at radius 1 is 1.44 bits per heavy atom. The minimum Gasteiger partial charge on any atom is -0.381 e. The van der Waals surface area contributed by atoms with Gasteiger partial charge in [0.25, 0.3) is 0 Å². The molecule has 0 aliphatic carbocycles. The predicted molar refractivity (Wildman–Crippen MR) is 71.3 cm³/mol. The predicted octanol–water partition coefficient (Wildman–Crippen LogP) is 1.16. The zero-order valence-electron chi connectivity index (χ0n) is 11.8. The van der Waals surface area contributed by atoms with E-state index in [1.807, 2.05) is 0 Å². The van der Waals surface area contributed by atoms with Crippen LogP contribution in [0.4, 0.5) is 0 Å². The summed E-state index contributed by atoms with van der Waals surface area (Å²) >= 11 is 0. The molecule has 4 nitrogen and oxygen atoms in total. The maximum atomic E-state index is 12.6. The highest BCUT2D eigenvalue weighted by molar-refractivity contribution is 5.83. The van der Waals surface area contributed by atoms with Crippen molar-refractivity contribution < 1.29 is 9.53 Å². The van der Waals surface area contributed by atoms with Gasteiger partial charge in [0.2, 0.25) is 5.91 Å². The summed E-state index contributed by atoms with van der Waals surface area (Å²) in [5, 5.41) is 6.56. The van der Waals surface area contributed by atoms with Crippen LogP contribution in [0.2, 0.25) is 0 Å². The summed E-state index contributed by atoms with van der Waals surface area (Å²) in [7, 11) is 0. The molecule has 0 spiro atoms. The smallest absolute Gasteiger partial charge is 0.228 e. The lowest BCUT2D eigenvalue weighted by Crippen LogP contribution is -2.50. The molecular weight excluding hydrogens is 228 g/mol. The van der Waals surface area contributed by atoms with Crippen LogP contribution in [0.5, 0.6) is 0 Å². The van der Waals surface area contributed by atoms with Crippen molar-refractivity contribution in [2.75, 3.05) is 26.3 Å². The fourth-order valence-corrected chi connectivity index (χ4v) is 3.08. The number of nitrogens with one attached hydrogen (secondary N) is 2. The van der Waals surface area contributed by atoms with Crippen LogP contribution < -0.4 is 10.6 Å². The molecule has 0 aromatic rings. The summed E-state index contributed by atoms with van der Waals surface area (Å²) in [6.45, 7) is 9.78. The molecule has 2 fully saturated rings. The topological polar surface area (TPSA) is 50.4 Å². The molecule has 2 aliphatic heterocycles. The molecule has 2 N–H and O–H groups in total. The van der Waals surface area contributed by atoms with Crippen molar-refractivity contribution in [2.24, 2.45) is 17.3 Å². The number of carbonyl (C=O) groups excluding carboxylic acids is 1. The number of amides is 1. The zero-order valence-corrected chi connectivity index (χ0v) is 11.8. The van der Waals surface area contributed by atoms with Crippen LogP contribution in [0.25, 0.3) is 0 Å². The van der Waals surface area contributed by atoms with Gasteiger partial charge in [-0.05, 0) is 32.2 Å². The fourth-order valence-electron chi connectivity index (χ4n) is 3.08. The third-order valence-electron chi connectivity index (χ3n) is 4.78. The molecule has 2 rings (SSSR count). The Hall–Kier alpha value is -0.610. The molecule has 4 heteroatoms. The van der Waals surface area contributed by atoms with Crippen LogP contribution in [-0.4, -0.2) is 38.3 Å². The van der Waals surface area contributed by atoms with Crippen molar-refractivity contribution in [1.82, 2.24) is 10.6 Å². The summed E-state index contributed by atoms with van der Waals surface area (Å²) in [5.74, 6) is 1.08. The molecule has 2 heterocycles. The molecule has 0 bridgehead atoms. The largest absolute Gasteiger partial charge is 0.381 e. The minimum atomic E-state index is -0.215. The first kappa shape index (κ1) is 13.8. The molecule has 0 radical (unpaired) electrons. The average molecular weight is 254 g/mol. The Bertz CT molecular complexity index is 292. The Morgan fingerprint density at radius 2 is 2.22 bits per heavy atom. The molecule has 2 saturated heterocycles. The van der Waals surface area contributed by atoms with E-state index in [0.717, 1.165) is 39.1 Å². The summed E-state index contributed by atoms with van der Waals surface area (Å²) in [5.41, 5.74) is -0.215.